The molecule has 1 fully saturated rings. The van der Waals surface area contributed by atoms with Gasteiger partial charge in [0.25, 0.3) is 5.69 Å². The third-order valence-corrected chi connectivity index (χ3v) is 6.08. The van der Waals surface area contributed by atoms with Gasteiger partial charge in [-0.25, -0.2) is 0 Å². The van der Waals surface area contributed by atoms with Crippen molar-refractivity contribution in [1.29, 1.82) is 0 Å². The first-order valence-corrected chi connectivity index (χ1v) is 11.5. The van der Waals surface area contributed by atoms with Crippen molar-refractivity contribution in [3.63, 3.8) is 0 Å². The number of nitro benzene ring substituents is 1. The molecular formula is C22H33N7O3. The van der Waals surface area contributed by atoms with Crippen molar-refractivity contribution < 1.29 is 9.72 Å². The molecule has 1 aliphatic rings. The van der Waals surface area contributed by atoms with E-state index < -0.39 is 11.0 Å². The second kappa shape index (κ2) is 11.7. The summed E-state index contributed by atoms with van der Waals surface area (Å²) in [5.74, 6) is 0.114. The number of nitrogens with one attached hydrogen (secondary N) is 1. The molecule has 2 aromatic rings. The van der Waals surface area contributed by atoms with Gasteiger partial charge in [0.05, 0.1) is 11.5 Å². The van der Waals surface area contributed by atoms with Crippen molar-refractivity contribution in [2.75, 3.05) is 12.4 Å². The van der Waals surface area contributed by atoms with Crippen molar-refractivity contribution in [1.82, 2.24) is 25.1 Å². The fourth-order valence-electron chi connectivity index (χ4n) is 4.20. The minimum atomic E-state index is -0.679. The molecule has 1 heterocycles. The quantitative estimate of drug-likeness (QED) is 0.298. The number of non-ortho nitro benzene ring substituents is 1. The Balaban J connectivity index is 1.72. The maximum absolute atomic E-state index is 13.3. The second-order valence-corrected chi connectivity index (χ2v) is 8.46. The van der Waals surface area contributed by atoms with Gasteiger partial charge < -0.3 is 5.32 Å². The summed E-state index contributed by atoms with van der Waals surface area (Å²) in [5.41, 5.74) is 0.472. The van der Waals surface area contributed by atoms with Crippen LogP contribution in [-0.2, 0) is 11.3 Å². The SMILES string of the molecule is CCCCCCCn1nnc(C(C(=O)Nc2ccc([N+](=O)[O-])cc2)N(C)C2CCCC2)n1. The molecule has 3 rings (SSSR count). The fourth-order valence-corrected chi connectivity index (χ4v) is 4.20. The largest absolute Gasteiger partial charge is 0.324 e. The van der Waals surface area contributed by atoms with Crippen molar-refractivity contribution in [3.8, 4) is 0 Å². The normalized spacial score (nSPS) is 15.2. The first-order chi connectivity index (χ1) is 15.5. The van der Waals surface area contributed by atoms with E-state index >= 15 is 0 Å². The van der Waals surface area contributed by atoms with Gasteiger partial charge in [0.15, 0.2) is 6.04 Å². The number of carbonyl (C=O) groups is 1. The summed E-state index contributed by atoms with van der Waals surface area (Å²) in [6.45, 7) is 2.87. The van der Waals surface area contributed by atoms with E-state index in [1.807, 2.05) is 11.9 Å². The lowest BCUT2D eigenvalue weighted by Crippen LogP contribution is -2.40. The molecule has 1 aromatic carbocycles. The number of anilines is 1. The van der Waals surface area contributed by atoms with E-state index in [1.54, 1.807) is 4.80 Å². The highest BCUT2D eigenvalue weighted by atomic mass is 16.6. The molecule has 1 aliphatic carbocycles. The molecule has 10 nitrogen and oxygen atoms in total. The minimum Gasteiger partial charge on any atom is -0.324 e. The van der Waals surface area contributed by atoms with E-state index in [0.717, 1.165) is 38.5 Å². The Kier molecular flexibility index (Phi) is 8.66. The number of hydrogen-bond donors (Lipinski definition) is 1. The van der Waals surface area contributed by atoms with E-state index in [-0.39, 0.29) is 17.6 Å². The van der Waals surface area contributed by atoms with Crippen LogP contribution in [0, 0.1) is 10.1 Å². The van der Waals surface area contributed by atoms with Crippen LogP contribution in [0.15, 0.2) is 24.3 Å². The summed E-state index contributed by atoms with van der Waals surface area (Å²) in [6.07, 6.45) is 10.1. The molecule has 0 aliphatic heterocycles. The average molecular weight is 444 g/mol. The van der Waals surface area contributed by atoms with Crippen LogP contribution in [0.1, 0.15) is 76.6 Å². The maximum atomic E-state index is 13.3. The summed E-state index contributed by atoms with van der Waals surface area (Å²) >= 11 is 0. The Morgan fingerprint density at radius 1 is 1.22 bits per heavy atom. The zero-order valence-corrected chi connectivity index (χ0v) is 18.9. The molecule has 1 N–H and O–H groups in total. The predicted octanol–water partition coefficient (Wildman–Crippen LogP) is 4.11. The second-order valence-electron chi connectivity index (χ2n) is 8.46. The number of likely N-dealkylation sites (N-methyl/N-ethyl adjacent to an activating group) is 1. The van der Waals surface area contributed by atoms with Crippen LogP contribution in [-0.4, -0.2) is 49.0 Å². The van der Waals surface area contributed by atoms with Crippen molar-refractivity contribution in [3.05, 3.63) is 40.2 Å². The Hall–Kier alpha value is -2.88. The number of nitrogens with zero attached hydrogens (tertiary/aromatic N) is 6. The Morgan fingerprint density at radius 3 is 2.56 bits per heavy atom. The van der Waals surface area contributed by atoms with Crippen LogP contribution in [0.5, 0.6) is 0 Å². The number of aromatic nitrogens is 4. The summed E-state index contributed by atoms with van der Waals surface area (Å²) in [4.78, 5) is 27.3. The van der Waals surface area contributed by atoms with Crippen molar-refractivity contribution >= 4 is 17.3 Å². The lowest BCUT2D eigenvalue weighted by atomic mass is 10.1. The Bertz CT molecular complexity index is 878. The molecule has 0 saturated heterocycles. The highest BCUT2D eigenvalue weighted by Gasteiger charge is 2.35. The molecule has 0 spiro atoms. The number of carbonyl (C=O) groups excluding carboxylic acids is 1. The first kappa shape index (κ1) is 23.8. The van der Waals surface area contributed by atoms with Crippen LogP contribution in [0.4, 0.5) is 11.4 Å². The highest BCUT2D eigenvalue weighted by Crippen LogP contribution is 2.29. The van der Waals surface area contributed by atoms with E-state index in [4.69, 9.17) is 0 Å². The van der Waals surface area contributed by atoms with Gasteiger partial charge in [-0.15, -0.1) is 10.2 Å². The third kappa shape index (κ3) is 6.32. The van der Waals surface area contributed by atoms with Gasteiger partial charge in [-0.3, -0.25) is 19.8 Å². The number of tetrazole rings is 1. The molecule has 1 aromatic heterocycles. The van der Waals surface area contributed by atoms with Crippen LogP contribution in [0.2, 0.25) is 0 Å². The number of aryl methyl sites for hydroxylation is 1. The van der Waals surface area contributed by atoms with Gasteiger partial charge in [0.1, 0.15) is 0 Å². The molecule has 1 saturated carbocycles. The van der Waals surface area contributed by atoms with Gasteiger partial charge >= 0.3 is 0 Å². The summed E-state index contributed by atoms with van der Waals surface area (Å²) < 4.78 is 0. The molecule has 1 atom stereocenters. The van der Waals surface area contributed by atoms with Crippen molar-refractivity contribution in [2.24, 2.45) is 0 Å². The number of nitro groups is 1. The van der Waals surface area contributed by atoms with Crippen LogP contribution < -0.4 is 5.32 Å². The maximum Gasteiger partial charge on any atom is 0.269 e. The Labute approximate surface area is 188 Å². The van der Waals surface area contributed by atoms with Gasteiger partial charge in [-0.2, -0.15) is 4.80 Å². The standard InChI is InChI=1S/C22H33N7O3/c1-3-4-5-6-9-16-28-25-21(24-26-28)20(27(2)18-10-7-8-11-18)22(30)23-17-12-14-19(15-13-17)29(31)32/h12-15,18,20H,3-11,16H2,1-2H3,(H,23,30). The summed E-state index contributed by atoms with van der Waals surface area (Å²) in [7, 11) is 1.93. The lowest BCUT2D eigenvalue weighted by Gasteiger charge is -2.30. The average Bonchev–Trinajstić information content (AvgIpc) is 3.47. The van der Waals surface area contributed by atoms with Crippen LogP contribution in [0.25, 0.3) is 0 Å². The third-order valence-electron chi connectivity index (χ3n) is 6.08. The molecule has 1 unspecified atom stereocenters. The molecule has 32 heavy (non-hydrogen) atoms. The molecule has 1 amide bonds. The van der Waals surface area contributed by atoms with Crippen molar-refractivity contribution in [2.45, 2.75) is 83.3 Å². The van der Waals surface area contributed by atoms with Crippen LogP contribution in [0.3, 0.4) is 0 Å². The van der Waals surface area contributed by atoms with Gasteiger partial charge in [-0.05, 0) is 43.7 Å². The summed E-state index contributed by atoms with van der Waals surface area (Å²) in [5, 5.41) is 26.7. The number of unbranched alkanes of at least 4 members (excludes halogenated alkanes) is 4. The molecular weight excluding hydrogens is 410 g/mol. The number of amides is 1. The minimum absolute atomic E-state index is 0.0221. The smallest absolute Gasteiger partial charge is 0.269 e. The van der Waals surface area contributed by atoms with E-state index in [2.05, 4.69) is 27.7 Å². The zero-order chi connectivity index (χ0) is 22.9. The predicted molar refractivity (Wildman–Crippen MR) is 121 cm³/mol. The van der Waals surface area contributed by atoms with Gasteiger partial charge in [-0.1, -0.05) is 45.4 Å². The van der Waals surface area contributed by atoms with Gasteiger partial charge in [0.2, 0.25) is 11.7 Å². The molecule has 0 radical (unpaired) electrons. The molecule has 0 bridgehead atoms. The van der Waals surface area contributed by atoms with E-state index in [9.17, 15) is 14.9 Å². The van der Waals surface area contributed by atoms with Gasteiger partial charge in [0, 0.05) is 23.9 Å². The van der Waals surface area contributed by atoms with E-state index in [1.165, 1.54) is 43.5 Å². The topological polar surface area (TPSA) is 119 Å². The number of rotatable bonds is 12. The fraction of sp³-hybridized carbons (Fsp3) is 0.636. The monoisotopic (exact) mass is 443 g/mol. The highest BCUT2D eigenvalue weighted by molar-refractivity contribution is 5.95. The van der Waals surface area contributed by atoms with Crippen LogP contribution >= 0.6 is 0 Å². The Morgan fingerprint density at radius 2 is 1.91 bits per heavy atom. The number of hydrogen-bond acceptors (Lipinski definition) is 7. The molecule has 10 heteroatoms. The lowest BCUT2D eigenvalue weighted by molar-refractivity contribution is -0.384. The van der Waals surface area contributed by atoms with E-state index in [0.29, 0.717) is 18.1 Å². The summed E-state index contributed by atoms with van der Waals surface area (Å²) in [6, 6.07) is 5.41. The molecule has 174 valence electrons. The zero-order valence-electron chi connectivity index (χ0n) is 18.9. The number of benzene rings is 1. The first-order valence-electron chi connectivity index (χ1n) is 11.5.